The van der Waals surface area contributed by atoms with Gasteiger partial charge in [-0.3, -0.25) is 5.32 Å². The fraction of sp³-hybridized carbons (Fsp3) is 0.417. The maximum absolute atomic E-state index is 11.5. The minimum atomic E-state index is -0.551. The van der Waals surface area contributed by atoms with Gasteiger partial charge < -0.3 is 15.6 Å². The number of aliphatic hydroxyl groups excluding tert-OH is 1. The molecule has 94 valence electrons. The Bertz CT molecular complexity index is 411. The largest absolute Gasteiger partial charge is 0.444 e. The summed E-state index contributed by atoms with van der Waals surface area (Å²) in [5.41, 5.74) is 6.70. The Labute approximate surface area is 101 Å². The molecular formula is C12H18N2O3. The van der Waals surface area contributed by atoms with E-state index >= 15 is 0 Å². The van der Waals surface area contributed by atoms with E-state index < -0.39 is 11.7 Å². The van der Waals surface area contributed by atoms with Gasteiger partial charge in [-0.1, -0.05) is 0 Å². The van der Waals surface area contributed by atoms with Crippen molar-refractivity contribution in [2.45, 2.75) is 33.0 Å². The SMILES string of the molecule is CC(C)(C)OC(=O)Nc1cc(N)cc(CO)c1. The summed E-state index contributed by atoms with van der Waals surface area (Å²) in [4.78, 5) is 11.5. The Balaban J connectivity index is 2.74. The maximum Gasteiger partial charge on any atom is 0.412 e. The van der Waals surface area contributed by atoms with Crippen LogP contribution in [0.4, 0.5) is 16.2 Å². The quantitative estimate of drug-likeness (QED) is 0.689. The first-order chi connectivity index (χ1) is 7.80. The van der Waals surface area contributed by atoms with Crippen molar-refractivity contribution in [2.75, 3.05) is 11.1 Å². The first-order valence-electron chi connectivity index (χ1n) is 5.30. The fourth-order valence-electron chi connectivity index (χ4n) is 1.30. The van der Waals surface area contributed by atoms with Gasteiger partial charge >= 0.3 is 6.09 Å². The zero-order valence-corrected chi connectivity index (χ0v) is 10.3. The molecule has 0 fully saturated rings. The van der Waals surface area contributed by atoms with E-state index in [0.717, 1.165) is 0 Å². The van der Waals surface area contributed by atoms with E-state index in [-0.39, 0.29) is 6.61 Å². The number of hydrogen-bond acceptors (Lipinski definition) is 4. The summed E-state index contributed by atoms with van der Waals surface area (Å²) in [7, 11) is 0. The van der Waals surface area contributed by atoms with Gasteiger partial charge in [-0.25, -0.2) is 4.79 Å². The predicted octanol–water partition coefficient (Wildman–Crippen LogP) is 2.11. The third-order valence-electron chi connectivity index (χ3n) is 1.84. The second kappa shape index (κ2) is 5.05. The molecule has 5 nitrogen and oxygen atoms in total. The summed E-state index contributed by atoms with van der Waals surface area (Å²) < 4.78 is 5.10. The van der Waals surface area contributed by atoms with Gasteiger partial charge in [0, 0.05) is 11.4 Å². The Morgan fingerprint density at radius 1 is 1.41 bits per heavy atom. The fourth-order valence-corrected chi connectivity index (χ4v) is 1.30. The van der Waals surface area contributed by atoms with Crippen molar-refractivity contribution in [3.05, 3.63) is 23.8 Å². The highest BCUT2D eigenvalue weighted by Crippen LogP contribution is 2.18. The lowest BCUT2D eigenvalue weighted by Gasteiger charge is -2.19. The van der Waals surface area contributed by atoms with Gasteiger partial charge in [-0.05, 0) is 44.5 Å². The molecule has 0 spiro atoms. The molecule has 17 heavy (non-hydrogen) atoms. The highest BCUT2D eigenvalue weighted by molar-refractivity contribution is 5.85. The zero-order valence-electron chi connectivity index (χ0n) is 10.3. The highest BCUT2D eigenvalue weighted by atomic mass is 16.6. The molecule has 1 aromatic carbocycles. The van der Waals surface area contributed by atoms with E-state index in [1.54, 1.807) is 39.0 Å². The first kappa shape index (κ1) is 13.3. The Morgan fingerprint density at radius 2 is 2.06 bits per heavy atom. The molecule has 0 heterocycles. The van der Waals surface area contributed by atoms with E-state index in [2.05, 4.69) is 5.32 Å². The van der Waals surface area contributed by atoms with Crippen LogP contribution in [0.2, 0.25) is 0 Å². The average Bonchev–Trinajstić information content (AvgIpc) is 2.13. The van der Waals surface area contributed by atoms with Crippen molar-refractivity contribution in [3.8, 4) is 0 Å². The second-order valence-electron chi connectivity index (χ2n) is 4.75. The maximum atomic E-state index is 11.5. The number of hydrogen-bond donors (Lipinski definition) is 3. The number of amides is 1. The first-order valence-corrected chi connectivity index (χ1v) is 5.30. The minimum absolute atomic E-state index is 0.131. The van der Waals surface area contributed by atoms with Crippen LogP contribution >= 0.6 is 0 Å². The van der Waals surface area contributed by atoms with E-state index in [0.29, 0.717) is 16.9 Å². The molecule has 1 aromatic rings. The van der Waals surface area contributed by atoms with Crippen LogP contribution in [0, 0.1) is 0 Å². The highest BCUT2D eigenvalue weighted by Gasteiger charge is 2.16. The van der Waals surface area contributed by atoms with Crippen LogP contribution in [-0.2, 0) is 11.3 Å². The molecule has 5 heteroatoms. The lowest BCUT2D eigenvalue weighted by atomic mass is 10.2. The summed E-state index contributed by atoms with van der Waals surface area (Å²) in [6.45, 7) is 5.22. The third-order valence-corrected chi connectivity index (χ3v) is 1.84. The molecule has 0 aliphatic carbocycles. The smallest absolute Gasteiger partial charge is 0.412 e. The van der Waals surface area contributed by atoms with E-state index in [1.807, 2.05) is 0 Å². The molecule has 0 saturated heterocycles. The Kier molecular flexibility index (Phi) is 3.96. The molecule has 1 rings (SSSR count). The van der Waals surface area contributed by atoms with E-state index in [9.17, 15) is 4.79 Å². The van der Waals surface area contributed by atoms with Gasteiger partial charge in [0.15, 0.2) is 0 Å². The molecule has 0 unspecified atom stereocenters. The minimum Gasteiger partial charge on any atom is -0.444 e. The van der Waals surface area contributed by atoms with Crippen LogP contribution in [0.25, 0.3) is 0 Å². The topological polar surface area (TPSA) is 84.6 Å². The summed E-state index contributed by atoms with van der Waals surface area (Å²) in [5.74, 6) is 0. The molecule has 1 amide bonds. The van der Waals surface area contributed by atoms with Crippen molar-refractivity contribution in [1.82, 2.24) is 0 Å². The van der Waals surface area contributed by atoms with Crippen molar-refractivity contribution in [3.63, 3.8) is 0 Å². The van der Waals surface area contributed by atoms with Crippen LogP contribution in [0.3, 0.4) is 0 Å². The average molecular weight is 238 g/mol. The summed E-state index contributed by atoms with van der Waals surface area (Å²) in [6, 6.07) is 4.88. The third kappa shape index (κ3) is 4.74. The molecule has 0 atom stereocenters. The van der Waals surface area contributed by atoms with Crippen LogP contribution in [0.1, 0.15) is 26.3 Å². The van der Waals surface area contributed by atoms with Crippen molar-refractivity contribution in [1.29, 1.82) is 0 Å². The lowest BCUT2D eigenvalue weighted by molar-refractivity contribution is 0.0636. The van der Waals surface area contributed by atoms with Gasteiger partial charge in [0.2, 0.25) is 0 Å². The number of rotatable bonds is 2. The Morgan fingerprint density at radius 3 is 2.59 bits per heavy atom. The monoisotopic (exact) mass is 238 g/mol. The molecule has 0 bridgehead atoms. The molecule has 4 N–H and O–H groups in total. The van der Waals surface area contributed by atoms with Gasteiger partial charge in [-0.2, -0.15) is 0 Å². The standard InChI is InChI=1S/C12H18N2O3/c1-12(2,3)17-11(16)14-10-5-8(7-15)4-9(13)6-10/h4-6,15H,7,13H2,1-3H3,(H,14,16). The van der Waals surface area contributed by atoms with Crippen LogP contribution in [-0.4, -0.2) is 16.8 Å². The molecule has 0 aliphatic heterocycles. The van der Waals surface area contributed by atoms with Crippen molar-refractivity contribution in [2.24, 2.45) is 0 Å². The molecule has 0 saturated carbocycles. The lowest BCUT2D eigenvalue weighted by Crippen LogP contribution is -2.27. The molecular weight excluding hydrogens is 220 g/mol. The number of anilines is 2. The summed E-state index contributed by atoms with van der Waals surface area (Å²) >= 11 is 0. The summed E-state index contributed by atoms with van der Waals surface area (Å²) in [5, 5.41) is 11.6. The molecule has 0 radical (unpaired) electrons. The number of carbonyl (C=O) groups excluding carboxylic acids is 1. The number of ether oxygens (including phenoxy) is 1. The normalized spacial score (nSPS) is 11.1. The zero-order chi connectivity index (χ0) is 13.1. The van der Waals surface area contributed by atoms with E-state index in [4.69, 9.17) is 15.6 Å². The Hall–Kier alpha value is -1.75. The van der Waals surface area contributed by atoms with Crippen LogP contribution in [0.15, 0.2) is 18.2 Å². The van der Waals surface area contributed by atoms with Gasteiger partial charge in [0.05, 0.1) is 6.61 Å². The number of carbonyl (C=O) groups is 1. The number of benzene rings is 1. The van der Waals surface area contributed by atoms with Crippen LogP contribution in [0.5, 0.6) is 0 Å². The van der Waals surface area contributed by atoms with E-state index in [1.165, 1.54) is 0 Å². The van der Waals surface area contributed by atoms with Gasteiger partial charge in [-0.15, -0.1) is 0 Å². The molecule has 0 aliphatic rings. The van der Waals surface area contributed by atoms with Gasteiger partial charge in [0.1, 0.15) is 5.60 Å². The summed E-state index contributed by atoms with van der Waals surface area (Å²) in [6.07, 6.45) is -0.549. The number of nitrogens with two attached hydrogens (primary N) is 1. The predicted molar refractivity (Wildman–Crippen MR) is 66.6 cm³/mol. The van der Waals surface area contributed by atoms with Crippen molar-refractivity contribution < 1.29 is 14.6 Å². The number of aliphatic hydroxyl groups is 1. The van der Waals surface area contributed by atoms with Gasteiger partial charge in [0.25, 0.3) is 0 Å². The number of nitrogens with one attached hydrogen (secondary N) is 1. The number of nitrogen functional groups attached to an aromatic ring is 1. The van der Waals surface area contributed by atoms with Crippen LogP contribution < -0.4 is 11.1 Å². The molecule has 0 aromatic heterocycles. The van der Waals surface area contributed by atoms with Crippen molar-refractivity contribution >= 4 is 17.5 Å². The second-order valence-corrected chi connectivity index (χ2v) is 4.75.